The van der Waals surface area contributed by atoms with Crippen molar-refractivity contribution in [2.75, 3.05) is 0 Å². The maximum atomic E-state index is 11.3. The van der Waals surface area contributed by atoms with Crippen LogP contribution in [0.4, 0.5) is 0 Å². The van der Waals surface area contributed by atoms with Crippen LogP contribution in [0, 0.1) is 11.3 Å². The second kappa shape index (κ2) is 6.28. The van der Waals surface area contributed by atoms with Gasteiger partial charge in [-0.3, -0.25) is 4.79 Å². The molecular formula is C12H11N3O. The lowest BCUT2D eigenvalue weighted by Crippen LogP contribution is -2.12. The SMILES string of the molecule is N#CC(=[N+]=[N-])C(=O)CCCc1ccccc1. The molecule has 16 heavy (non-hydrogen) atoms. The van der Waals surface area contributed by atoms with Gasteiger partial charge in [0.1, 0.15) is 0 Å². The molecular weight excluding hydrogens is 202 g/mol. The highest BCUT2D eigenvalue weighted by atomic mass is 16.1. The minimum Gasteiger partial charge on any atom is -0.360 e. The minimum absolute atomic E-state index is 0.224. The zero-order valence-electron chi connectivity index (χ0n) is 8.76. The van der Waals surface area contributed by atoms with Gasteiger partial charge in [0.25, 0.3) is 5.78 Å². The van der Waals surface area contributed by atoms with Crippen molar-refractivity contribution >= 4 is 11.5 Å². The first-order valence-corrected chi connectivity index (χ1v) is 4.97. The molecule has 0 radical (unpaired) electrons. The molecule has 0 aliphatic rings. The van der Waals surface area contributed by atoms with E-state index >= 15 is 0 Å². The number of hydrogen-bond donors (Lipinski definition) is 0. The highest BCUT2D eigenvalue weighted by Crippen LogP contribution is 2.04. The predicted octanol–water partition coefficient (Wildman–Crippen LogP) is 1.77. The summed E-state index contributed by atoms with van der Waals surface area (Å²) >= 11 is 0. The van der Waals surface area contributed by atoms with E-state index in [1.54, 1.807) is 6.07 Å². The smallest absolute Gasteiger partial charge is 0.360 e. The Balaban J connectivity index is 2.40. The number of hydrogen-bond acceptors (Lipinski definition) is 2. The predicted molar refractivity (Wildman–Crippen MR) is 58.6 cm³/mol. The summed E-state index contributed by atoms with van der Waals surface area (Å²) in [4.78, 5) is 13.9. The summed E-state index contributed by atoms with van der Waals surface area (Å²) in [6.07, 6.45) is 1.64. The summed E-state index contributed by atoms with van der Waals surface area (Å²) in [5.41, 5.74) is 9.08. The molecule has 1 rings (SSSR count). The number of carbonyl (C=O) groups excluding carboxylic acids is 1. The Kier molecular flexibility index (Phi) is 4.65. The van der Waals surface area contributed by atoms with E-state index in [9.17, 15) is 4.79 Å². The van der Waals surface area contributed by atoms with Crippen LogP contribution < -0.4 is 0 Å². The van der Waals surface area contributed by atoms with Crippen LogP contribution in [0.15, 0.2) is 30.3 Å². The molecule has 0 amide bonds. The number of carbonyl (C=O) groups is 1. The molecule has 0 N–H and O–H groups in total. The quantitative estimate of drug-likeness (QED) is 0.424. The summed E-state index contributed by atoms with van der Waals surface area (Å²) < 4.78 is 0. The highest BCUT2D eigenvalue weighted by molar-refractivity contribution is 6.43. The van der Waals surface area contributed by atoms with Crippen molar-refractivity contribution in [3.05, 3.63) is 41.4 Å². The lowest BCUT2D eigenvalue weighted by atomic mass is 10.1. The number of nitrogens with zero attached hydrogens (tertiary/aromatic N) is 3. The second-order valence-corrected chi connectivity index (χ2v) is 3.32. The van der Waals surface area contributed by atoms with Crippen molar-refractivity contribution in [1.29, 1.82) is 5.26 Å². The van der Waals surface area contributed by atoms with Gasteiger partial charge in [-0.2, -0.15) is 10.1 Å². The Labute approximate surface area is 93.8 Å². The first kappa shape index (κ1) is 11.8. The number of rotatable bonds is 5. The van der Waals surface area contributed by atoms with Crippen molar-refractivity contribution in [3.63, 3.8) is 0 Å². The van der Waals surface area contributed by atoms with Crippen molar-refractivity contribution in [2.45, 2.75) is 19.3 Å². The zero-order chi connectivity index (χ0) is 11.8. The Hall–Kier alpha value is -2.24. The molecule has 1 aromatic carbocycles. The fourth-order valence-electron chi connectivity index (χ4n) is 1.36. The first-order valence-electron chi connectivity index (χ1n) is 4.97. The standard InChI is InChI=1S/C12H11N3O/c13-9-11(15-14)12(16)8-4-7-10-5-2-1-3-6-10/h1-3,5-6H,4,7-8H2. The third kappa shape index (κ3) is 3.49. The van der Waals surface area contributed by atoms with Crippen molar-refractivity contribution < 1.29 is 9.58 Å². The number of benzene rings is 1. The molecule has 4 heteroatoms. The molecule has 0 unspecified atom stereocenters. The second-order valence-electron chi connectivity index (χ2n) is 3.32. The number of ketones is 1. The fraction of sp³-hybridized carbons (Fsp3) is 0.250. The molecule has 0 aliphatic carbocycles. The van der Waals surface area contributed by atoms with Crippen LogP contribution in [0.3, 0.4) is 0 Å². The Bertz CT molecular complexity index is 453. The van der Waals surface area contributed by atoms with Crippen LogP contribution in [0.5, 0.6) is 0 Å². The molecule has 0 heterocycles. The van der Waals surface area contributed by atoms with Gasteiger partial charge in [0.2, 0.25) is 0 Å². The maximum Gasteiger partial charge on any atom is 0.433 e. The molecule has 0 aliphatic heterocycles. The van der Waals surface area contributed by atoms with Crippen molar-refractivity contribution in [2.24, 2.45) is 0 Å². The summed E-state index contributed by atoms with van der Waals surface area (Å²) in [5.74, 6) is -0.416. The third-order valence-electron chi connectivity index (χ3n) is 2.18. The lowest BCUT2D eigenvalue weighted by Gasteiger charge is -1.97. The van der Waals surface area contributed by atoms with E-state index in [0.717, 1.165) is 12.0 Å². The minimum atomic E-state index is -0.423. The third-order valence-corrected chi connectivity index (χ3v) is 2.18. The van der Waals surface area contributed by atoms with E-state index in [4.69, 9.17) is 10.8 Å². The van der Waals surface area contributed by atoms with Gasteiger partial charge in [-0.05, 0) is 18.4 Å². The fourth-order valence-corrected chi connectivity index (χ4v) is 1.36. The van der Waals surface area contributed by atoms with Crippen LogP contribution in [-0.2, 0) is 11.2 Å². The van der Waals surface area contributed by atoms with Gasteiger partial charge in [-0.1, -0.05) is 30.3 Å². The summed E-state index contributed by atoms with van der Waals surface area (Å²) in [6, 6.07) is 11.3. The Morgan fingerprint density at radius 2 is 2.06 bits per heavy atom. The number of nitriles is 1. The Morgan fingerprint density at radius 3 is 2.62 bits per heavy atom. The van der Waals surface area contributed by atoms with Gasteiger partial charge in [-0.15, -0.1) is 0 Å². The van der Waals surface area contributed by atoms with Crippen LogP contribution >= 0.6 is 0 Å². The molecule has 0 saturated carbocycles. The summed E-state index contributed by atoms with van der Waals surface area (Å²) in [7, 11) is 0. The van der Waals surface area contributed by atoms with Crippen molar-refractivity contribution in [3.8, 4) is 6.07 Å². The molecule has 0 spiro atoms. The Morgan fingerprint density at radius 1 is 1.38 bits per heavy atom. The maximum absolute atomic E-state index is 11.3. The molecule has 0 aromatic heterocycles. The highest BCUT2D eigenvalue weighted by Gasteiger charge is 2.17. The molecule has 1 aromatic rings. The van der Waals surface area contributed by atoms with Gasteiger partial charge in [0, 0.05) is 6.42 Å². The van der Waals surface area contributed by atoms with E-state index in [1.807, 2.05) is 30.3 Å². The van der Waals surface area contributed by atoms with Gasteiger partial charge < -0.3 is 5.53 Å². The number of Topliss-reactive ketones (excluding diaryl/α,β-unsaturated/α-hetero) is 1. The van der Waals surface area contributed by atoms with Gasteiger partial charge in [0.05, 0.1) is 0 Å². The molecule has 0 saturated heterocycles. The lowest BCUT2D eigenvalue weighted by molar-refractivity contribution is -0.117. The van der Waals surface area contributed by atoms with Gasteiger partial charge >= 0.3 is 5.71 Å². The summed E-state index contributed by atoms with van der Waals surface area (Å²) in [5, 5.41) is 8.45. The molecule has 80 valence electrons. The van der Waals surface area contributed by atoms with Gasteiger partial charge in [-0.25, -0.2) is 0 Å². The van der Waals surface area contributed by atoms with E-state index in [2.05, 4.69) is 4.79 Å². The normalized spacial score (nSPS) is 8.94. The van der Waals surface area contributed by atoms with Crippen LogP contribution in [0.25, 0.3) is 5.53 Å². The first-order chi connectivity index (χ1) is 7.77. The molecule has 0 atom stereocenters. The van der Waals surface area contributed by atoms with Crippen LogP contribution in [0.1, 0.15) is 18.4 Å². The zero-order valence-corrected chi connectivity index (χ0v) is 8.76. The molecule has 0 bridgehead atoms. The monoisotopic (exact) mass is 213 g/mol. The van der Waals surface area contributed by atoms with E-state index in [0.29, 0.717) is 6.42 Å². The van der Waals surface area contributed by atoms with E-state index in [-0.39, 0.29) is 6.42 Å². The van der Waals surface area contributed by atoms with Crippen LogP contribution in [-0.4, -0.2) is 16.3 Å². The average Bonchev–Trinajstić information content (AvgIpc) is 2.32. The van der Waals surface area contributed by atoms with E-state index < -0.39 is 11.5 Å². The summed E-state index contributed by atoms with van der Waals surface area (Å²) in [6.45, 7) is 0. The largest absolute Gasteiger partial charge is 0.433 e. The average molecular weight is 213 g/mol. The number of aryl methyl sites for hydroxylation is 1. The van der Waals surface area contributed by atoms with E-state index in [1.165, 1.54) is 0 Å². The molecule has 0 fully saturated rings. The van der Waals surface area contributed by atoms with Gasteiger partial charge in [0.15, 0.2) is 6.07 Å². The van der Waals surface area contributed by atoms with Crippen LogP contribution in [0.2, 0.25) is 0 Å². The molecule has 4 nitrogen and oxygen atoms in total. The van der Waals surface area contributed by atoms with Crippen molar-refractivity contribution in [1.82, 2.24) is 0 Å². The topological polar surface area (TPSA) is 77.3 Å².